The van der Waals surface area contributed by atoms with E-state index in [1.165, 1.54) is 10.4 Å². The number of hydrogen-bond acceptors (Lipinski definition) is 4. The van der Waals surface area contributed by atoms with Gasteiger partial charge in [-0.15, -0.1) is 35.5 Å². The molecular weight excluding hydrogens is 312 g/mol. The first-order valence-corrected chi connectivity index (χ1v) is 8.73. The summed E-state index contributed by atoms with van der Waals surface area (Å²) in [6.45, 7) is 4.82. The predicted molar refractivity (Wildman–Crippen MR) is 90.9 cm³/mol. The van der Waals surface area contributed by atoms with Gasteiger partial charge in [-0.25, -0.2) is 0 Å². The molecule has 6 heteroatoms. The molecule has 3 nitrogen and oxygen atoms in total. The average molecular weight is 335 g/mol. The van der Waals surface area contributed by atoms with Crippen molar-refractivity contribution in [1.29, 1.82) is 0 Å². The molecule has 2 unspecified atom stereocenters. The van der Waals surface area contributed by atoms with Crippen molar-refractivity contribution in [2.75, 3.05) is 12.3 Å². The molecule has 0 fully saturated rings. The third-order valence-corrected chi connectivity index (χ3v) is 5.54. The maximum atomic E-state index is 12.4. The second-order valence-electron chi connectivity index (χ2n) is 5.37. The number of nitrogens with two attached hydrogens (primary N) is 1. The summed E-state index contributed by atoms with van der Waals surface area (Å²) in [4.78, 5) is 13.8. The standard InChI is InChI=1S/C14H22N2OS2.ClH/c1-9(2)7-10(8-15)16-14(17)13-11-3-5-18-12(11)4-6-19-13;/h3,5,9-10,13H,4,6-8,15H2,1-2H3,(H,16,17);1H. The quantitative estimate of drug-likeness (QED) is 0.870. The van der Waals surface area contributed by atoms with Crippen LogP contribution in [0.25, 0.3) is 0 Å². The third-order valence-electron chi connectivity index (χ3n) is 3.30. The highest BCUT2D eigenvalue weighted by Gasteiger charge is 2.29. The summed E-state index contributed by atoms with van der Waals surface area (Å²) in [5, 5.41) is 5.16. The van der Waals surface area contributed by atoms with Gasteiger partial charge < -0.3 is 11.1 Å². The van der Waals surface area contributed by atoms with E-state index in [0.717, 1.165) is 18.6 Å². The number of thioether (sulfide) groups is 1. The summed E-state index contributed by atoms with van der Waals surface area (Å²) < 4.78 is 0. The molecule has 20 heavy (non-hydrogen) atoms. The van der Waals surface area contributed by atoms with E-state index in [1.54, 1.807) is 23.1 Å². The van der Waals surface area contributed by atoms with E-state index in [1.807, 2.05) is 0 Å². The lowest BCUT2D eigenvalue weighted by atomic mass is 10.0. The van der Waals surface area contributed by atoms with Gasteiger partial charge in [0.05, 0.1) is 0 Å². The van der Waals surface area contributed by atoms with E-state index in [-0.39, 0.29) is 29.6 Å². The molecule has 114 valence electrons. The van der Waals surface area contributed by atoms with Crippen molar-refractivity contribution in [2.45, 2.75) is 38.0 Å². The van der Waals surface area contributed by atoms with E-state index in [4.69, 9.17) is 5.73 Å². The van der Waals surface area contributed by atoms with Gasteiger partial charge in [-0.3, -0.25) is 4.79 Å². The number of aryl methyl sites for hydroxylation is 1. The second-order valence-corrected chi connectivity index (χ2v) is 7.58. The van der Waals surface area contributed by atoms with Crippen LogP contribution in [0.2, 0.25) is 0 Å². The smallest absolute Gasteiger partial charge is 0.237 e. The first kappa shape index (κ1) is 17.8. The van der Waals surface area contributed by atoms with Crippen LogP contribution in [0.1, 0.15) is 36.0 Å². The molecule has 3 N–H and O–H groups in total. The number of thiophene rings is 1. The van der Waals surface area contributed by atoms with E-state index in [2.05, 4.69) is 30.6 Å². The van der Waals surface area contributed by atoms with Gasteiger partial charge in [0, 0.05) is 17.5 Å². The Morgan fingerprint density at radius 2 is 2.30 bits per heavy atom. The molecule has 0 spiro atoms. The molecule has 0 aromatic carbocycles. The van der Waals surface area contributed by atoms with Crippen LogP contribution < -0.4 is 11.1 Å². The van der Waals surface area contributed by atoms with Crippen LogP contribution in [-0.2, 0) is 11.2 Å². The van der Waals surface area contributed by atoms with E-state index < -0.39 is 0 Å². The Morgan fingerprint density at radius 1 is 1.55 bits per heavy atom. The van der Waals surface area contributed by atoms with Gasteiger partial charge in [0.2, 0.25) is 5.91 Å². The van der Waals surface area contributed by atoms with Gasteiger partial charge in [-0.2, -0.15) is 0 Å². The van der Waals surface area contributed by atoms with Crippen molar-refractivity contribution in [2.24, 2.45) is 11.7 Å². The van der Waals surface area contributed by atoms with Crippen molar-refractivity contribution in [1.82, 2.24) is 5.32 Å². The lowest BCUT2D eigenvalue weighted by Crippen LogP contribution is -2.43. The van der Waals surface area contributed by atoms with Gasteiger partial charge in [0.25, 0.3) is 0 Å². The summed E-state index contributed by atoms with van der Waals surface area (Å²) in [7, 11) is 0. The highest BCUT2D eigenvalue weighted by Crippen LogP contribution is 2.39. The Hall–Kier alpha value is -0.230. The zero-order valence-corrected chi connectivity index (χ0v) is 14.4. The fourth-order valence-corrected chi connectivity index (χ4v) is 4.73. The number of fused-ring (bicyclic) bond motifs is 1. The largest absolute Gasteiger partial charge is 0.351 e. The van der Waals surface area contributed by atoms with Crippen molar-refractivity contribution in [3.05, 3.63) is 21.9 Å². The normalized spacial score (nSPS) is 19.1. The lowest BCUT2D eigenvalue weighted by molar-refractivity contribution is -0.121. The molecule has 2 heterocycles. The molecule has 1 amide bonds. The van der Waals surface area contributed by atoms with E-state index in [9.17, 15) is 4.79 Å². The zero-order valence-electron chi connectivity index (χ0n) is 11.9. The summed E-state index contributed by atoms with van der Waals surface area (Å²) in [6.07, 6.45) is 2.03. The number of carbonyl (C=O) groups is 1. The number of nitrogens with one attached hydrogen (secondary N) is 1. The lowest BCUT2D eigenvalue weighted by Gasteiger charge is -2.25. The van der Waals surface area contributed by atoms with E-state index in [0.29, 0.717) is 12.5 Å². The van der Waals surface area contributed by atoms with E-state index >= 15 is 0 Å². The Bertz CT molecular complexity index is 437. The number of hydrogen-bond donors (Lipinski definition) is 2. The van der Waals surface area contributed by atoms with Crippen LogP contribution in [0.3, 0.4) is 0 Å². The number of amides is 1. The van der Waals surface area contributed by atoms with Crippen LogP contribution in [-0.4, -0.2) is 24.2 Å². The summed E-state index contributed by atoms with van der Waals surface area (Å²) in [5.41, 5.74) is 6.96. The molecule has 0 bridgehead atoms. The summed E-state index contributed by atoms with van der Waals surface area (Å²) in [5.74, 6) is 1.70. The molecule has 0 saturated carbocycles. The fourth-order valence-electron chi connectivity index (χ4n) is 2.42. The van der Waals surface area contributed by atoms with Crippen molar-refractivity contribution >= 4 is 41.4 Å². The van der Waals surface area contributed by atoms with Crippen LogP contribution in [0.15, 0.2) is 11.4 Å². The Balaban J connectivity index is 0.00000200. The molecule has 2 atom stereocenters. The Kier molecular flexibility index (Phi) is 7.37. The van der Waals surface area contributed by atoms with Crippen LogP contribution in [0, 0.1) is 5.92 Å². The molecular formula is C14H23ClN2OS2. The molecule has 0 saturated heterocycles. The van der Waals surface area contributed by atoms with Gasteiger partial charge in [0.1, 0.15) is 5.25 Å². The first-order chi connectivity index (χ1) is 9.11. The van der Waals surface area contributed by atoms with Gasteiger partial charge in [-0.05, 0) is 41.5 Å². The first-order valence-electron chi connectivity index (χ1n) is 6.80. The maximum absolute atomic E-state index is 12.4. The topological polar surface area (TPSA) is 55.1 Å². The molecule has 1 aliphatic heterocycles. The summed E-state index contributed by atoms with van der Waals surface area (Å²) >= 11 is 3.51. The fraction of sp³-hybridized carbons (Fsp3) is 0.643. The highest BCUT2D eigenvalue weighted by molar-refractivity contribution is 8.00. The minimum absolute atomic E-state index is 0. The van der Waals surface area contributed by atoms with Crippen molar-refractivity contribution in [3.63, 3.8) is 0 Å². The van der Waals surface area contributed by atoms with Crippen LogP contribution in [0.5, 0.6) is 0 Å². The minimum Gasteiger partial charge on any atom is -0.351 e. The van der Waals surface area contributed by atoms with Crippen LogP contribution in [0.4, 0.5) is 0 Å². The third kappa shape index (κ3) is 4.38. The Morgan fingerprint density at radius 3 is 2.95 bits per heavy atom. The zero-order chi connectivity index (χ0) is 13.8. The predicted octanol–water partition coefficient (Wildman–Crippen LogP) is 2.99. The molecule has 1 aliphatic rings. The van der Waals surface area contributed by atoms with Gasteiger partial charge in [0.15, 0.2) is 0 Å². The highest BCUT2D eigenvalue weighted by atomic mass is 35.5. The van der Waals surface area contributed by atoms with Gasteiger partial charge >= 0.3 is 0 Å². The maximum Gasteiger partial charge on any atom is 0.237 e. The van der Waals surface area contributed by atoms with Gasteiger partial charge in [-0.1, -0.05) is 13.8 Å². The van der Waals surface area contributed by atoms with Crippen molar-refractivity contribution < 1.29 is 4.79 Å². The number of carbonyl (C=O) groups excluding carboxylic acids is 1. The SMILES string of the molecule is CC(C)CC(CN)NC(=O)C1SCCc2sccc21.Cl. The molecule has 1 aromatic heterocycles. The number of rotatable bonds is 5. The molecule has 1 aromatic rings. The molecule has 0 radical (unpaired) electrons. The second kappa shape index (κ2) is 8.27. The monoisotopic (exact) mass is 334 g/mol. The van der Waals surface area contributed by atoms with Crippen LogP contribution >= 0.6 is 35.5 Å². The summed E-state index contributed by atoms with van der Waals surface area (Å²) in [6, 6.07) is 2.19. The minimum atomic E-state index is -0.0452. The average Bonchev–Trinajstić information content (AvgIpc) is 2.85. The molecule has 0 aliphatic carbocycles. The number of halogens is 1. The molecule has 2 rings (SSSR count). The Labute approximate surface area is 135 Å². The van der Waals surface area contributed by atoms with Crippen molar-refractivity contribution in [3.8, 4) is 0 Å².